The minimum absolute atomic E-state index is 0.0220. The first-order valence-corrected chi connectivity index (χ1v) is 6.06. The minimum atomic E-state index is -0.0220. The van der Waals surface area contributed by atoms with Crippen molar-refractivity contribution in [1.29, 1.82) is 0 Å². The van der Waals surface area contributed by atoms with Gasteiger partial charge in [0.25, 0.3) is 0 Å². The van der Waals surface area contributed by atoms with E-state index in [1.165, 1.54) is 0 Å². The smallest absolute Gasteiger partial charge is 0.0454 e. The van der Waals surface area contributed by atoms with Gasteiger partial charge in [-0.25, -0.2) is 0 Å². The summed E-state index contributed by atoms with van der Waals surface area (Å²) >= 11 is 12.0. The standard InChI is InChI=1S/C12H17Cl2N/c1-3-8(4-2)12(15)10-7-9(13)5-6-11(10)14/h5-8,12H,3-4,15H2,1-2H3. The van der Waals surface area contributed by atoms with Crippen LogP contribution in [-0.4, -0.2) is 0 Å². The van der Waals surface area contributed by atoms with Crippen LogP contribution in [-0.2, 0) is 0 Å². The lowest BCUT2D eigenvalue weighted by Gasteiger charge is -2.22. The van der Waals surface area contributed by atoms with E-state index in [0.29, 0.717) is 16.0 Å². The van der Waals surface area contributed by atoms with E-state index in [0.717, 1.165) is 18.4 Å². The lowest BCUT2D eigenvalue weighted by molar-refractivity contribution is 0.405. The zero-order chi connectivity index (χ0) is 11.4. The zero-order valence-electron chi connectivity index (χ0n) is 9.13. The third-order valence-corrected chi connectivity index (χ3v) is 3.45. The monoisotopic (exact) mass is 245 g/mol. The Kier molecular flexibility index (Phi) is 4.91. The van der Waals surface area contributed by atoms with Crippen LogP contribution in [0.1, 0.15) is 38.3 Å². The molecule has 0 saturated heterocycles. The molecule has 2 N–H and O–H groups in total. The highest BCUT2D eigenvalue weighted by molar-refractivity contribution is 6.33. The van der Waals surface area contributed by atoms with Gasteiger partial charge in [0.05, 0.1) is 0 Å². The average Bonchev–Trinajstić information content (AvgIpc) is 2.23. The molecule has 15 heavy (non-hydrogen) atoms. The molecular formula is C12H17Cl2N. The molecule has 1 unspecified atom stereocenters. The largest absolute Gasteiger partial charge is 0.324 e. The lowest BCUT2D eigenvalue weighted by atomic mass is 9.89. The molecule has 0 saturated carbocycles. The molecular weight excluding hydrogens is 229 g/mol. The molecule has 0 radical (unpaired) electrons. The number of rotatable bonds is 4. The van der Waals surface area contributed by atoms with Gasteiger partial charge in [0.1, 0.15) is 0 Å². The lowest BCUT2D eigenvalue weighted by Crippen LogP contribution is -2.20. The first-order chi connectivity index (χ1) is 7.10. The van der Waals surface area contributed by atoms with Crippen molar-refractivity contribution in [2.24, 2.45) is 11.7 Å². The number of halogens is 2. The van der Waals surface area contributed by atoms with Crippen molar-refractivity contribution in [1.82, 2.24) is 0 Å². The Morgan fingerprint density at radius 3 is 2.33 bits per heavy atom. The maximum absolute atomic E-state index is 6.19. The van der Waals surface area contributed by atoms with Gasteiger partial charge in [-0.1, -0.05) is 49.9 Å². The van der Waals surface area contributed by atoms with Crippen molar-refractivity contribution >= 4 is 23.2 Å². The third kappa shape index (κ3) is 3.10. The summed E-state index contributed by atoms with van der Waals surface area (Å²) in [7, 11) is 0. The van der Waals surface area contributed by atoms with Crippen LogP contribution in [0.2, 0.25) is 10.0 Å². The minimum Gasteiger partial charge on any atom is -0.324 e. The van der Waals surface area contributed by atoms with E-state index in [1.54, 1.807) is 6.07 Å². The van der Waals surface area contributed by atoms with Crippen molar-refractivity contribution in [3.8, 4) is 0 Å². The number of hydrogen-bond donors (Lipinski definition) is 1. The summed E-state index contributed by atoms with van der Waals surface area (Å²) in [6.45, 7) is 4.29. The Labute approximate surface area is 102 Å². The Balaban J connectivity index is 2.98. The van der Waals surface area contributed by atoms with Crippen LogP contribution in [0.5, 0.6) is 0 Å². The second kappa shape index (κ2) is 5.74. The van der Waals surface area contributed by atoms with E-state index in [9.17, 15) is 0 Å². The summed E-state index contributed by atoms with van der Waals surface area (Å²) in [5.41, 5.74) is 7.14. The number of nitrogens with two attached hydrogens (primary N) is 1. The summed E-state index contributed by atoms with van der Waals surface area (Å²) in [5, 5.41) is 1.40. The van der Waals surface area contributed by atoms with Crippen LogP contribution < -0.4 is 5.73 Å². The highest BCUT2D eigenvalue weighted by atomic mass is 35.5. The fourth-order valence-electron chi connectivity index (χ4n) is 1.82. The van der Waals surface area contributed by atoms with E-state index in [4.69, 9.17) is 28.9 Å². The molecule has 1 atom stereocenters. The summed E-state index contributed by atoms with van der Waals surface area (Å²) in [6, 6.07) is 5.44. The molecule has 0 amide bonds. The van der Waals surface area contributed by atoms with Gasteiger partial charge in [0, 0.05) is 16.1 Å². The molecule has 0 spiro atoms. The zero-order valence-corrected chi connectivity index (χ0v) is 10.6. The van der Waals surface area contributed by atoms with Gasteiger partial charge in [0.2, 0.25) is 0 Å². The molecule has 0 aromatic heterocycles. The van der Waals surface area contributed by atoms with Gasteiger partial charge in [-0.3, -0.25) is 0 Å². The Morgan fingerprint density at radius 1 is 1.20 bits per heavy atom. The van der Waals surface area contributed by atoms with E-state index in [1.807, 2.05) is 12.1 Å². The van der Waals surface area contributed by atoms with Crippen LogP contribution in [0.3, 0.4) is 0 Å². The molecule has 1 aromatic rings. The normalized spacial score (nSPS) is 13.2. The molecule has 0 heterocycles. The van der Waals surface area contributed by atoms with Gasteiger partial charge in [-0.15, -0.1) is 0 Å². The van der Waals surface area contributed by atoms with E-state index in [2.05, 4.69) is 13.8 Å². The Morgan fingerprint density at radius 2 is 1.80 bits per heavy atom. The number of hydrogen-bond acceptors (Lipinski definition) is 1. The van der Waals surface area contributed by atoms with Crippen LogP contribution in [0, 0.1) is 5.92 Å². The molecule has 1 rings (SSSR count). The maximum Gasteiger partial charge on any atom is 0.0454 e. The second-order valence-electron chi connectivity index (χ2n) is 3.77. The van der Waals surface area contributed by atoms with Gasteiger partial charge in [0.15, 0.2) is 0 Å². The van der Waals surface area contributed by atoms with Crippen molar-refractivity contribution in [3.63, 3.8) is 0 Å². The van der Waals surface area contributed by atoms with Gasteiger partial charge in [-0.2, -0.15) is 0 Å². The van der Waals surface area contributed by atoms with Crippen LogP contribution >= 0.6 is 23.2 Å². The topological polar surface area (TPSA) is 26.0 Å². The summed E-state index contributed by atoms with van der Waals surface area (Å²) < 4.78 is 0. The molecule has 84 valence electrons. The van der Waals surface area contributed by atoms with Gasteiger partial charge in [-0.05, 0) is 29.7 Å². The molecule has 0 aliphatic rings. The van der Waals surface area contributed by atoms with E-state index in [-0.39, 0.29) is 6.04 Å². The molecule has 0 aliphatic heterocycles. The van der Waals surface area contributed by atoms with E-state index >= 15 is 0 Å². The van der Waals surface area contributed by atoms with E-state index < -0.39 is 0 Å². The van der Waals surface area contributed by atoms with Crippen LogP contribution in [0.4, 0.5) is 0 Å². The fraction of sp³-hybridized carbons (Fsp3) is 0.500. The summed E-state index contributed by atoms with van der Waals surface area (Å²) in [6.07, 6.45) is 2.11. The number of benzene rings is 1. The first kappa shape index (κ1) is 12.8. The SMILES string of the molecule is CCC(CC)C(N)c1cc(Cl)ccc1Cl. The van der Waals surface area contributed by atoms with Crippen LogP contribution in [0.15, 0.2) is 18.2 Å². The molecule has 0 bridgehead atoms. The summed E-state index contributed by atoms with van der Waals surface area (Å²) in [4.78, 5) is 0. The Bertz CT molecular complexity index is 321. The van der Waals surface area contributed by atoms with Crippen molar-refractivity contribution < 1.29 is 0 Å². The maximum atomic E-state index is 6.19. The van der Waals surface area contributed by atoms with Crippen LogP contribution in [0.25, 0.3) is 0 Å². The second-order valence-corrected chi connectivity index (χ2v) is 4.61. The predicted octanol–water partition coefficient (Wildman–Crippen LogP) is 4.43. The van der Waals surface area contributed by atoms with Gasteiger partial charge < -0.3 is 5.73 Å². The third-order valence-electron chi connectivity index (χ3n) is 2.87. The molecule has 1 aromatic carbocycles. The predicted molar refractivity (Wildman–Crippen MR) is 67.5 cm³/mol. The first-order valence-electron chi connectivity index (χ1n) is 5.30. The van der Waals surface area contributed by atoms with Gasteiger partial charge >= 0.3 is 0 Å². The average molecular weight is 246 g/mol. The molecule has 0 aliphatic carbocycles. The highest BCUT2D eigenvalue weighted by Gasteiger charge is 2.18. The molecule has 1 nitrogen and oxygen atoms in total. The molecule has 3 heteroatoms. The van der Waals surface area contributed by atoms with Crippen molar-refractivity contribution in [3.05, 3.63) is 33.8 Å². The molecule has 0 fully saturated rings. The fourth-order valence-corrected chi connectivity index (χ4v) is 2.24. The Hall–Kier alpha value is -0.240. The highest BCUT2D eigenvalue weighted by Crippen LogP contribution is 2.31. The quantitative estimate of drug-likeness (QED) is 0.835. The summed E-state index contributed by atoms with van der Waals surface area (Å²) in [5.74, 6) is 0.459. The van der Waals surface area contributed by atoms with Crippen molar-refractivity contribution in [2.75, 3.05) is 0 Å². The van der Waals surface area contributed by atoms with Crippen molar-refractivity contribution in [2.45, 2.75) is 32.7 Å².